The largest absolute Gasteiger partial charge is 0.493 e. The molecular weight excluding hydrogens is 284 g/mol. The summed E-state index contributed by atoms with van der Waals surface area (Å²) >= 11 is 0. The van der Waals surface area contributed by atoms with Crippen LogP contribution in [0.3, 0.4) is 0 Å². The quantitative estimate of drug-likeness (QED) is 0.775. The van der Waals surface area contributed by atoms with Crippen molar-refractivity contribution in [3.05, 3.63) is 23.8 Å². The summed E-state index contributed by atoms with van der Waals surface area (Å²) < 4.78 is 10.4. The van der Waals surface area contributed by atoms with Crippen LogP contribution in [-0.2, 0) is 6.54 Å². The maximum Gasteiger partial charge on any atom is 0.315 e. The Balaban J connectivity index is 1.83. The van der Waals surface area contributed by atoms with Crippen molar-refractivity contribution in [2.45, 2.75) is 44.4 Å². The Bertz CT molecular complexity index is 507. The molecule has 1 saturated carbocycles. The zero-order chi connectivity index (χ0) is 15.9. The lowest BCUT2D eigenvalue weighted by Gasteiger charge is -2.26. The van der Waals surface area contributed by atoms with E-state index < -0.39 is 0 Å². The van der Waals surface area contributed by atoms with Crippen molar-refractivity contribution in [2.75, 3.05) is 14.2 Å². The molecule has 0 saturated heterocycles. The Kier molecular flexibility index (Phi) is 5.89. The SMILES string of the molecule is COc1ccc(CNC(=O)N[C@H]2CCC[C@H](O)C2)cc1OC. The Hall–Kier alpha value is -1.95. The second kappa shape index (κ2) is 7.89. The third-order valence-corrected chi connectivity index (χ3v) is 3.88. The molecule has 6 nitrogen and oxygen atoms in total. The van der Waals surface area contributed by atoms with Gasteiger partial charge in [-0.1, -0.05) is 6.07 Å². The summed E-state index contributed by atoms with van der Waals surface area (Å²) in [5.41, 5.74) is 0.927. The molecule has 1 fully saturated rings. The maximum absolute atomic E-state index is 11.9. The van der Waals surface area contributed by atoms with E-state index >= 15 is 0 Å². The third kappa shape index (κ3) is 4.53. The molecule has 2 rings (SSSR count). The molecule has 1 aromatic rings. The molecule has 1 aliphatic carbocycles. The van der Waals surface area contributed by atoms with Gasteiger partial charge in [-0.15, -0.1) is 0 Å². The number of ether oxygens (including phenoxy) is 2. The normalized spacial score (nSPS) is 21.0. The second-order valence-corrected chi connectivity index (χ2v) is 5.53. The molecule has 0 unspecified atom stereocenters. The molecule has 0 aromatic heterocycles. The average Bonchev–Trinajstić information content (AvgIpc) is 2.52. The first-order valence-electron chi connectivity index (χ1n) is 7.55. The zero-order valence-corrected chi connectivity index (χ0v) is 13.1. The van der Waals surface area contributed by atoms with Gasteiger partial charge < -0.3 is 25.2 Å². The van der Waals surface area contributed by atoms with Crippen molar-refractivity contribution in [2.24, 2.45) is 0 Å². The summed E-state index contributed by atoms with van der Waals surface area (Å²) in [5.74, 6) is 1.30. The highest BCUT2D eigenvalue weighted by Crippen LogP contribution is 2.27. The number of amides is 2. The highest BCUT2D eigenvalue weighted by molar-refractivity contribution is 5.74. The van der Waals surface area contributed by atoms with Crippen LogP contribution in [0.5, 0.6) is 11.5 Å². The van der Waals surface area contributed by atoms with Crippen LogP contribution in [0.25, 0.3) is 0 Å². The minimum atomic E-state index is -0.301. The number of hydrogen-bond donors (Lipinski definition) is 3. The van der Waals surface area contributed by atoms with Crippen molar-refractivity contribution in [1.82, 2.24) is 10.6 Å². The minimum absolute atomic E-state index is 0.0501. The highest BCUT2D eigenvalue weighted by Gasteiger charge is 2.21. The molecule has 1 aliphatic rings. The van der Waals surface area contributed by atoms with Crippen molar-refractivity contribution >= 4 is 6.03 Å². The predicted octanol–water partition coefficient (Wildman–Crippen LogP) is 1.81. The first-order valence-corrected chi connectivity index (χ1v) is 7.55. The van der Waals surface area contributed by atoms with Crippen LogP contribution >= 0.6 is 0 Å². The Morgan fingerprint density at radius 3 is 2.73 bits per heavy atom. The Labute approximate surface area is 130 Å². The van der Waals surface area contributed by atoms with Gasteiger partial charge in [-0.3, -0.25) is 0 Å². The molecule has 3 N–H and O–H groups in total. The molecule has 1 aromatic carbocycles. The van der Waals surface area contributed by atoms with Crippen LogP contribution in [0.15, 0.2) is 18.2 Å². The third-order valence-electron chi connectivity index (χ3n) is 3.88. The number of urea groups is 1. The van der Waals surface area contributed by atoms with E-state index in [0.717, 1.165) is 24.8 Å². The Morgan fingerprint density at radius 2 is 2.05 bits per heavy atom. The number of methoxy groups -OCH3 is 2. The number of aliphatic hydroxyl groups excluding tert-OH is 1. The van der Waals surface area contributed by atoms with E-state index in [2.05, 4.69) is 10.6 Å². The highest BCUT2D eigenvalue weighted by atomic mass is 16.5. The van der Waals surface area contributed by atoms with E-state index in [0.29, 0.717) is 24.5 Å². The number of carbonyl (C=O) groups is 1. The van der Waals surface area contributed by atoms with Crippen molar-refractivity contribution in [1.29, 1.82) is 0 Å². The number of nitrogens with one attached hydrogen (secondary N) is 2. The van der Waals surface area contributed by atoms with Gasteiger partial charge in [0.15, 0.2) is 11.5 Å². The monoisotopic (exact) mass is 308 g/mol. The fraction of sp³-hybridized carbons (Fsp3) is 0.562. The number of aliphatic hydroxyl groups is 1. The number of benzene rings is 1. The molecule has 2 amide bonds. The first-order chi connectivity index (χ1) is 10.6. The van der Waals surface area contributed by atoms with Gasteiger partial charge in [0.1, 0.15) is 0 Å². The lowest BCUT2D eigenvalue weighted by atomic mass is 9.93. The summed E-state index contributed by atoms with van der Waals surface area (Å²) in [5, 5.41) is 15.3. The molecule has 22 heavy (non-hydrogen) atoms. The van der Waals surface area contributed by atoms with Crippen LogP contribution in [0, 0.1) is 0 Å². The van der Waals surface area contributed by atoms with Gasteiger partial charge in [0.05, 0.1) is 20.3 Å². The Morgan fingerprint density at radius 1 is 1.27 bits per heavy atom. The van der Waals surface area contributed by atoms with E-state index in [1.165, 1.54) is 0 Å². The molecule has 2 atom stereocenters. The summed E-state index contributed by atoms with van der Waals surface area (Å²) in [6, 6.07) is 5.36. The molecule has 0 bridgehead atoms. The van der Waals surface area contributed by atoms with Crippen LogP contribution in [0.2, 0.25) is 0 Å². The van der Waals surface area contributed by atoms with Gasteiger partial charge in [-0.05, 0) is 43.4 Å². The van der Waals surface area contributed by atoms with Gasteiger partial charge >= 0.3 is 6.03 Å². The van der Waals surface area contributed by atoms with Crippen LogP contribution in [0.1, 0.15) is 31.2 Å². The van der Waals surface area contributed by atoms with Crippen molar-refractivity contribution < 1.29 is 19.4 Å². The second-order valence-electron chi connectivity index (χ2n) is 5.53. The van der Waals surface area contributed by atoms with E-state index in [1.807, 2.05) is 18.2 Å². The van der Waals surface area contributed by atoms with Gasteiger partial charge in [-0.2, -0.15) is 0 Å². The molecule has 0 aliphatic heterocycles. The van der Waals surface area contributed by atoms with Crippen molar-refractivity contribution in [3.8, 4) is 11.5 Å². The molecule has 122 valence electrons. The average molecular weight is 308 g/mol. The first kappa shape index (κ1) is 16.4. The molecular formula is C16H24N2O4. The van der Waals surface area contributed by atoms with E-state index in [1.54, 1.807) is 14.2 Å². The van der Waals surface area contributed by atoms with E-state index in [-0.39, 0.29) is 18.2 Å². The van der Waals surface area contributed by atoms with Gasteiger partial charge in [0.2, 0.25) is 0 Å². The summed E-state index contributed by atoms with van der Waals surface area (Å²) in [7, 11) is 3.16. The predicted molar refractivity (Wildman–Crippen MR) is 83.2 cm³/mol. The number of hydrogen-bond acceptors (Lipinski definition) is 4. The number of rotatable bonds is 5. The fourth-order valence-electron chi connectivity index (χ4n) is 2.70. The molecule has 0 heterocycles. The van der Waals surface area contributed by atoms with Crippen LogP contribution < -0.4 is 20.1 Å². The number of carbonyl (C=O) groups excluding carboxylic acids is 1. The standard InChI is InChI=1S/C16H24N2O4/c1-21-14-7-6-11(8-15(14)22-2)10-17-16(20)18-12-4-3-5-13(19)9-12/h6-8,12-13,19H,3-5,9-10H2,1-2H3,(H2,17,18,20)/t12-,13-/m0/s1. The van der Waals surface area contributed by atoms with E-state index in [4.69, 9.17) is 9.47 Å². The van der Waals surface area contributed by atoms with E-state index in [9.17, 15) is 9.90 Å². The van der Waals surface area contributed by atoms with Gasteiger partial charge in [0.25, 0.3) is 0 Å². The maximum atomic E-state index is 11.9. The summed E-state index contributed by atoms with van der Waals surface area (Å²) in [4.78, 5) is 11.9. The topological polar surface area (TPSA) is 79.8 Å². The summed E-state index contributed by atoms with van der Waals surface area (Å²) in [6.45, 7) is 0.404. The lowest BCUT2D eigenvalue weighted by Crippen LogP contribution is -2.44. The summed E-state index contributed by atoms with van der Waals surface area (Å²) in [6.07, 6.45) is 3.02. The molecule has 6 heteroatoms. The minimum Gasteiger partial charge on any atom is -0.493 e. The smallest absolute Gasteiger partial charge is 0.315 e. The lowest BCUT2D eigenvalue weighted by molar-refractivity contribution is 0.113. The van der Waals surface area contributed by atoms with Crippen LogP contribution in [-0.4, -0.2) is 37.5 Å². The molecule has 0 radical (unpaired) electrons. The van der Waals surface area contributed by atoms with Gasteiger partial charge in [0, 0.05) is 12.6 Å². The zero-order valence-electron chi connectivity index (χ0n) is 13.1. The van der Waals surface area contributed by atoms with Crippen molar-refractivity contribution in [3.63, 3.8) is 0 Å². The van der Waals surface area contributed by atoms with Crippen LogP contribution in [0.4, 0.5) is 4.79 Å². The fourth-order valence-corrected chi connectivity index (χ4v) is 2.70. The molecule has 0 spiro atoms. The van der Waals surface area contributed by atoms with Gasteiger partial charge in [-0.25, -0.2) is 4.79 Å².